The van der Waals surface area contributed by atoms with Crippen molar-refractivity contribution < 1.29 is 9.53 Å². The molecule has 0 aromatic carbocycles. The van der Waals surface area contributed by atoms with Gasteiger partial charge in [0.05, 0.1) is 19.2 Å². The van der Waals surface area contributed by atoms with E-state index in [1.54, 1.807) is 7.11 Å². The number of hydrogen-bond acceptors (Lipinski definition) is 2. The monoisotopic (exact) mass is 212 g/mol. The van der Waals surface area contributed by atoms with Crippen LogP contribution < -0.4 is 0 Å². The SMILES string of the molecule is COC1CN(C(=O)N2CC(C)CC2C)C1. The van der Waals surface area contributed by atoms with Crippen molar-refractivity contribution in [1.29, 1.82) is 0 Å². The minimum atomic E-state index is 0.195. The average molecular weight is 212 g/mol. The number of likely N-dealkylation sites (tertiary alicyclic amines) is 2. The Bertz CT molecular complexity index is 251. The third-order valence-electron chi connectivity index (χ3n) is 3.48. The van der Waals surface area contributed by atoms with Crippen LogP contribution in [0.25, 0.3) is 0 Å². The maximum atomic E-state index is 12.0. The molecule has 4 heteroatoms. The molecule has 2 amide bonds. The summed E-state index contributed by atoms with van der Waals surface area (Å²) in [5.74, 6) is 0.642. The summed E-state index contributed by atoms with van der Waals surface area (Å²) in [4.78, 5) is 15.9. The summed E-state index contributed by atoms with van der Waals surface area (Å²) in [6, 6.07) is 0.592. The molecule has 2 atom stereocenters. The molecule has 0 aliphatic carbocycles. The summed E-state index contributed by atoms with van der Waals surface area (Å²) in [7, 11) is 1.70. The Morgan fingerprint density at radius 3 is 2.40 bits per heavy atom. The molecule has 15 heavy (non-hydrogen) atoms. The molecule has 0 aromatic rings. The molecule has 0 bridgehead atoms. The lowest BCUT2D eigenvalue weighted by Crippen LogP contribution is -2.58. The van der Waals surface area contributed by atoms with E-state index in [0.717, 1.165) is 26.1 Å². The zero-order valence-electron chi connectivity index (χ0n) is 9.77. The Balaban J connectivity index is 1.87. The minimum absolute atomic E-state index is 0.195. The summed E-state index contributed by atoms with van der Waals surface area (Å²) >= 11 is 0. The van der Waals surface area contributed by atoms with Crippen molar-refractivity contribution in [3.8, 4) is 0 Å². The Morgan fingerprint density at radius 1 is 1.27 bits per heavy atom. The van der Waals surface area contributed by atoms with Crippen LogP contribution >= 0.6 is 0 Å². The Kier molecular flexibility index (Phi) is 2.87. The largest absolute Gasteiger partial charge is 0.378 e. The quantitative estimate of drug-likeness (QED) is 0.653. The zero-order chi connectivity index (χ0) is 11.0. The number of carbonyl (C=O) groups excluding carboxylic acids is 1. The van der Waals surface area contributed by atoms with E-state index in [9.17, 15) is 4.79 Å². The minimum Gasteiger partial charge on any atom is -0.378 e. The summed E-state index contributed by atoms with van der Waals surface area (Å²) in [5, 5.41) is 0. The third-order valence-corrected chi connectivity index (χ3v) is 3.48. The van der Waals surface area contributed by atoms with Gasteiger partial charge in [0.25, 0.3) is 0 Å². The maximum absolute atomic E-state index is 12.0. The molecule has 2 saturated heterocycles. The smallest absolute Gasteiger partial charge is 0.320 e. The lowest BCUT2D eigenvalue weighted by atomic mass is 10.1. The van der Waals surface area contributed by atoms with E-state index < -0.39 is 0 Å². The second-order valence-corrected chi connectivity index (χ2v) is 4.89. The summed E-state index contributed by atoms with van der Waals surface area (Å²) in [6.45, 7) is 6.76. The van der Waals surface area contributed by atoms with Crippen molar-refractivity contribution in [2.75, 3.05) is 26.7 Å². The standard InChI is InChI=1S/C11H20N2O2/c1-8-4-9(2)13(5-8)11(14)12-6-10(7-12)15-3/h8-10H,4-7H2,1-3H3. The van der Waals surface area contributed by atoms with Crippen LogP contribution in [0.4, 0.5) is 4.79 Å². The normalized spacial score (nSPS) is 31.9. The van der Waals surface area contributed by atoms with Crippen LogP contribution in [-0.4, -0.2) is 54.7 Å². The topological polar surface area (TPSA) is 32.8 Å². The molecule has 2 rings (SSSR count). The van der Waals surface area contributed by atoms with Gasteiger partial charge < -0.3 is 14.5 Å². The number of urea groups is 1. The van der Waals surface area contributed by atoms with Crippen LogP contribution in [0, 0.1) is 5.92 Å². The second-order valence-electron chi connectivity index (χ2n) is 4.89. The van der Waals surface area contributed by atoms with Crippen LogP contribution in [0.15, 0.2) is 0 Å². The molecule has 2 fully saturated rings. The Labute approximate surface area is 91.2 Å². The molecule has 86 valence electrons. The lowest BCUT2D eigenvalue weighted by molar-refractivity contribution is -0.0160. The second kappa shape index (κ2) is 4.00. The first kappa shape index (κ1) is 10.7. The number of methoxy groups -OCH3 is 1. The maximum Gasteiger partial charge on any atom is 0.320 e. The highest BCUT2D eigenvalue weighted by molar-refractivity contribution is 5.76. The van der Waals surface area contributed by atoms with E-state index >= 15 is 0 Å². The van der Waals surface area contributed by atoms with E-state index in [-0.39, 0.29) is 12.1 Å². The molecule has 0 N–H and O–H groups in total. The fraction of sp³-hybridized carbons (Fsp3) is 0.909. The molecule has 2 heterocycles. The van der Waals surface area contributed by atoms with Gasteiger partial charge in [0.2, 0.25) is 0 Å². The van der Waals surface area contributed by atoms with Gasteiger partial charge in [-0.1, -0.05) is 6.92 Å². The fourth-order valence-corrected chi connectivity index (χ4v) is 2.49. The van der Waals surface area contributed by atoms with Gasteiger partial charge in [-0.05, 0) is 19.3 Å². The fourth-order valence-electron chi connectivity index (χ4n) is 2.49. The van der Waals surface area contributed by atoms with E-state index in [4.69, 9.17) is 4.74 Å². The number of ether oxygens (including phenoxy) is 1. The van der Waals surface area contributed by atoms with Gasteiger partial charge >= 0.3 is 6.03 Å². The Morgan fingerprint density at radius 2 is 1.93 bits per heavy atom. The molecule has 0 spiro atoms. The molecular formula is C11H20N2O2. The Hall–Kier alpha value is -0.770. The van der Waals surface area contributed by atoms with E-state index in [1.165, 1.54) is 0 Å². The number of hydrogen-bond donors (Lipinski definition) is 0. The van der Waals surface area contributed by atoms with E-state index in [2.05, 4.69) is 13.8 Å². The summed E-state index contributed by atoms with van der Waals surface area (Å²) in [6.07, 6.45) is 1.39. The molecular weight excluding hydrogens is 192 g/mol. The molecule has 0 aromatic heterocycles. The van der Waals surface area contributed by atoms with Crippen molar-refractivity contribution in [1.82, 2.24) is 9.80 Å². The molecule has 2 aliphatic heterocycles. The third kappa shape index (κ3) is 1.95. The number of carbonyl (C=O) groups is 1. The van der Waals surface area contributed by atoms with Gasteiger partial charge in [-0.25, -0.2) is 4.79 Å². The number of amides is 2. The highest BCUT2D eigenvalue weighted by atomic mass is 16.5. The van der Waals surface area contributed by atoms with Gasteiger partial charge in [-0.3, -0.25) is 0 Å². The average Bonchev–Trinajstić information content (AvgIpc) is 2.43. The van der Waals surface area contributed by atoms with Crippen LogP contribution in [0.1, 0.15) is 20.3 Å². The number of rotatable bonds is 1. The van der Waals surface area contributed by atoms with Gasteiger partial charge in [0.15, 0.2) is 0 Å². The first-order valence-corrected chi connectivity index (χ1v) is 5.70. The molecule has 2 aliphatic rings. The van der Waals surface area contributed by atoms with E-state index in [1.807, 2.05) is 9.80 Å². The van der Waals surface area contributed by atoms with Crippen LogP contribution in [0.5, 0.6) is 0 Å². The van der Waals surface area contributed by atoms with Gasteiger partial charge in [-0.2, -0.15) is 0 Å². The van der Waals surface area contributed by atoms with Gasteiger partial charge in [0, 0.05) is 19.7 Å². The summed E-state index contributed by atoms with van der Waals surface area (Å²) in [5.41, 5.74) is 0. The van der Waals surface area contributed by atoms with Crippen LogP contribution in [0.3, 0.4) is 0 Å². The first-order chi connectivity index (χ1) is 7.11. The predicted octanol–water partition coefficient (Wildman–Crippen LogP) is 1.17. The molecule has 4 nitrogen and oxygen atoms in total. The lowest BCUT2D eigenvalue weighted by Gasteiger charge is -2.41. The summed E-state index contributed by atoms with van der Waals surface area (Å²) < 4.78 is 5.16. The highest BCUT2D eigenvalue weighted by Gasteiger charge is 2.37. The van der Waals surface area contributed by atoms with Crippen molar-refractivity contribution >= 4 is 6.03 Å². The first-order valence-electron chi connectivity index (χ1n) is 5.70. The molecule has 0 radical (unpaired) electrons. The predicted molar refractivity (Wildman–Crippen MR) is 57.7 cm³/mol. The van der Waals surface area contributed by atoms with Crippen LogP contribution in [-0.2, 0) is 4.74 Å². The zero-order valence-corrected chi connectivity index (χ0v) is 9.77. The molecule has 2 unspecified atom stereocenters. The van der Waals surface area contributed by atoms with Gasteiger partial charge in [-0.15, -0.1) is 0 Å². The van der Waals surface area contributed by atoms with Crippen LogP contribution in [0.2, 0.25) is 0 Å². The van der Waals surface area contributed by atoms with E-state index in [0.29, 0.717) is 12.0 Å². The van der Waals surface area contributed by atoms with Crippen molar-refractivity contribution in [2.45, 2.75) is 32.4 Å². The highest BCUT2D eigenvalue weighted by Crippen LogP contribution is 2.25. The molecule has 0 saturated carbocycles. The van der Waals surface area contributed by atoms with Crippen molar-refractivity contribution in [3.05, 3.63) is 0 Å². The van der Waals surface area contributed by atoms with Crippen molar-refractivity contribution in [2.24, 2.45) is 5.92 Å². The number of nitrogens with zero attached hydrogens (tertiary/aromatic N) is 2. The van der Waals surface area contributed by atoms with Crippen molar-refractivity contribution in [3.63, 3.8) is 0 Å². The van der Waals surface area contributed by atoms with Gasteiger partial charge in [0.1, 0.15) is 0 Å².